The van der Waals surface area contributed by atoms with E-state index in [9.17, 15) is 9.59 Å². The molecule has 1 aliphatic rings. The van der Waals surface area contributed by atoms with E-state index in [4.69, 9.17) is 4.74 Å². The Bertz CT molecular complexity index is 458. The average molecular weight is 268 g/mol. The van der Waals surface area contributed by atoms with Crippen LogP contribution in [0, 0.1) is 11.8 Å². The van der Waals surface area contributed by atoms with Crippen molar-refractivity contribution in [3.63, 3.8) is 0 Å². The van der Waals surface area contributed by atoms with Gasteiger partial charge in [0.05, 0.1) is 0 Å². The highest BCUT2D eigenvalue weighted by Gasteiger charge is 2.28. The highest BCUT2D eigenvalue weighted by Crippen LogP contribution is 2.24. The number of carbonyl (C=O) groups excluding carboxylic acids is 2. The fraction of sp³-hybridized carbons (Fsp3) is 0.583. The summed E-state index contributed by atoms with van der Waals surface area (Å²) in [5, 5.41) is 4.93. The first-order chi connectivity index (χ1) is 8.58. The van der Waals surface area contributed by atoms with Gasteiger partial charge in [-0.15, -0.1) is 11.3 Å². The van der Waals surface area contributed by atoms with Gasteiger partial charge in [-0.3, -0.25) is 9.59 Å². The molecule has 0 saturated carbocycles. The van der Waals surface area contributed by atoms with Crippen molar-refractivity contribution in [3.8, 4) is 0 Å². The van der Waals surface area contributed by atoms with Crippen LogP contribution in [-0.2, 0) is 9.53 Å². The lowest BCUT2D eigenvalue weighted by atomic mass is 9.89. The Labute approximate surface area is 110 Å². The number of hydrogen-bond acceptors (Lipinski definition) is 5. The normalized spacial score (nSPS) is 23.7. The Hall–Kier alpha value is -1.27. The van der Waals surface area contributed by atoms with E-state index < -0.39 is 0 Å². The van der Waals surface area contributed by atoms with Crippen LogP contribution in [0.2, 0.25) is 0 Å². The second-order valence-electron chi connectivity index (χ2n) is 4.53. The van der Waals surface area contributed by atoms with Crippen molar-refractivity contribution in [2.75, 3.05) is 18.5 Å². The van der Waals surface area contributed by atoms with Crippen LogP contribution in [0.15, 0.2) is 5.38 Å². The second kappa shape index (κ2) is 5.58. The molecule has 2 unspecified atom stereocenters. The molecule has 2 atom stereocenters. The van der Waals surface area contributed by atoms with Gasteiger partial charge in [0.2, 0.25) is 5.91 Å². The summed E-state index contributed by atoms with van der Waals surface area (Å²) in [6.45, 7) is 4.71. The minimum Gasteiger partial charge on any atom is -0.381 e. The van der Waals surface area contributed by atoms with E-state index in [1.165, 1.54) is 18.3 Å². The number of carbonyl (C=O) groups is 2. The first kappa shape index (κ1) is 13.2. The monoisotopic (exact) mass is 268 g/mol. The largest absolute Gasteiger partial charge is 0.381 e. The second-order valence-corrected chi connectivity index (χ2v) is 5.39. The molecule has 18 heavy (non-hydrogen) atoms. The molecule has 2 heterocycles. The molecule has 98 valence electrons. The van der Waals surface area contributed by atoms with Crippen LogP contribution in [0.1, 0.15) is 30.8 Å². The highest BCUT2D eigenvalue weighted by molar-refractivity contribution is 7.14. The number of nitrogens with one attached hydrogen (secondary N) is 1. The smallest absolute Gasteiger partial charge is 0.229 e. The molecular weight excluding hydrogens is 252 g/mol. The molecule has 1 aromatic heterocycles. The summed E-state index contributed by atoms with van der Waals surface area (Å²) >= 11 is 1.28. The predicted octanol–water partition coefficient (Wildman–Crippen LogP) is 1.96. The zero-order valence-corrected chi connectivity index (χ0v) is 11.3. The predicted molar refractivity (Wildman–Crippen MR) is 68.8 cm³/mol. The van der Waals surface area contributed by atoms with Crippen LogP contribution in [0.5, 0.6) is 0 Å². The van der Waals surface area contributed by atoms with Gasteiger partial charge in [-0.2, -0.15) is 0 Å². The van der Waals surface area contributed by atoms with Crippen LogP contribution in [-0.4, -0.2) is 29.9 Å². The van der Waals surface area contributed by atoms with Gasteiger partial charge >= 0.3 is 0 Å². The Balaban J connectivity index is 1.99. The van der Waals surface area contributed by atoms with Crippen LogP contribution in [0.4, 0.5) is 5.13 Å². The standard InChI is InChI=1S/C12H16N2O3S/c1-7-5-17-4-3-9(7)11(16)14-12-13-10(6-18-12)8(2)15/h6-7,9H,3-5H2,1-2H3,(H,13,14,16). The average Bonchev–Trinajstić information content (AvgIpc) is 2.78. The van der Waals surface area contributed by atoms with Crippen molar-refractivity contribution in [2.24, 2.45) is 11.8 Å². The molecular formula is C12H16N2O3S. The van der Waals surface area contributed by atoms with E-state index in [1.54, 1.807) is 5.38 Å². The molecule has 5 nitrogen and oxygen atoms in total. The van der Waals surface area contributed by atoms with Crippen molar-refractivity contribution in [1.82, 2.24) is 4.98 Å². The molecule has 0 aliphatic carbocycles. The summed E-state index contributed by atoms with van der Waals surface area (Å²) in [5.41, 5.74) is 0.398. The summed E-state index contributed by atoms with van der Waals surface area (Å²) < 4.78 is 5.31. The van der Waals surface area contributed by atoms with E-state index in [2.05, 4.69) is 10.3 Å². The number of Topliss-reactive ketones (excluding diaryl/α,β-unsaturated/α-hetero) is 1. The summed E-state index contributed by atoms with van der Waals surface area (Å²) in [6, 6.07) is 0. The third-order valence-electron chi connectivity index (χ3n) is 3.07. The molecule has 0 aromatic carbocycles. The van der Waals surface area contributed by atoms with E-state index in [0.29, 0.717) is 24.0 Å². The maximum atomic E-state index is 12.1. The highest BCUT2D eigenvalue weighted by atomic mass is 32.1. The van der Waals surface area contributed by atoms with Gasteiger partial charge < -0.3 is 10.1 Å². The Morgan fingerprint density at radius 2 is 2.33 bits per heavy atom. The van der Waals surface area contributed by atoms with Crippen molar-refractivity contribution in [1.29, 1.82) is 0 Å². The van der Waals surface area contributed by atoms with Gasteiger partial charge in [0, 0.05) is 31.4 Å². The number of amides is 1. The zero-order chi connectivity index (χ0) is 13.1. The number of aromatic nitrogens is 1. The number of hydrogen-bond donors (Lipinski definition) is 1. The van der Waals surface area contributed by atoms with E-state index >= 15 is 0 Å². The zero-order valence-electron chi connectivity index (χ0n) is 10.4. The number of ketones is 1. The molecule has 1 aromatic rings. The third-order valence-corrected chi connectivity index (χ3v) is 3.83. The van der Waals surface area contributed by atoms with Gasteiger partial charge in [0.15, 0.2) is 10.9 Å². The van der Waals surface area contributed by atoms with Crippen LogP contribution in [0.3, 0.4) is 0 Å². The lowest BCUT2D eigenvalue weighted by molar-refractivity contribution is -0.125. The SMILES string of the molecule is CC(=O)c1csc(NC(=O)C2CCOCC2C)n1. The molecule has 1 N–H and O–H groups in total. The fourth-order valence-electron chi connectivity index (χ4n) is 1.96. The van der Waals surface area contributed by atoms with Crippen LogP contribution >= 0.6 is 11.3 Å². The van der Waals surface area contributed by atoms with Gasteiger partial charge in [-0.25, -0.2) is 4.98 Å². The van der Waals surface area contributed by atoms with Gasteiger partial charge in [-0.05, 0) is 12.3 Å². The van der Waals surface area contributed by atoms with Crippen LogP contribution in [0.25, 0.3) is 0 Å². The maximum absolute atomic E-state index is 12.1. The minimum atomic E-state index is -0.0915. The third kappa shape index (κ3) is 2.94. The van der Waals surface area contributed by atoms with Gasteiger partial charge in [0.1, 0.15) is 5.69 Å². The summed E-state index contributed by atoms with van der Waals surface area (Å²) in [4.78, 5) is 27.3. The lowest BCUT2D eigenvalue weighted by Crippen LogP contribution is -2.34. The van der Waals surface area contributed by atoms with E-state index in [0.717, 1.165) is 6.42 Å². The van der Waals surface area contributed by atoms with Gasteiger partial charge in [0.25, 0.3) is 0 Å². The first-order valence-electron chi connectivity index (χ1n) is 5.93. The number of thiazole rings is 1. The Morgan fingerprint density at radius 3 is 2.94 bits per heavy atom. The minimum absolute atomic E-state index is 0.0322. The molecule has 1 fully saturated rings. The summed E-state index contributed by atoms with van der Waals surface area (Å²) in [6.07, 6.45) is 0.734. The van der Waals surface area contributed by atoms with Crippen molar-refractivity contribution >= 4 is 28.2 Å². The quantitative estimate of drug-likeness (QED) is 0.851. The molecule has 1 amide bonds. The molecule has 6 heteroatoms. The fourth-order valence-corrected chi connectivity index (χ4v) is 2.71. The molecule has 0 bridgehead atoms. The molecule has 0 spiro atoms. The van der Waals surface area contributed by atoms with E-state index in [1.807, 2.05) is 6.92 Å². The number of rotatable bonds is 3. The van der Waals surface area contributed by atoms with Gasteiger partial charge in [-0.1, -0.05) is 6.92 Å². The maximum Gasteiger partial charge on any atom is 0.229 e. The molecule has 1 saturated heterocycles. The van der Waals surface area contributed by atoms with E-state index in [-0.39, 0.29) is 23.5 Å². The number of anilines is 1. The summed E-state index contributed by atoms with van der Waals surface area (Å²) in [5.74, 6) is 0.0517. The first-order valence-corrected chi connectivity index (χ1v) is 6.81. The Kier molecular flexibility index (Phi) is 4.08. The molecule has 2 rings (SSSR count). The van der Waals surface area contributed by atoms with Crippen molar-refractivity contribution in [2.45, 2.75) is 20.3 Å². The molecule has 1 aliphatic heterocycles. The van der Waals surface area contributed by atoms with Crippen molar-refractivity contribution in [3.05, 3.63) is 11.1 Å². The summed E-state index contributed by atoms with van der Waals surface area (Å²) in [7, 11) is 0. The Morgan fingerprint density at radius 1 is 1.56 bits per heavy atom. The van der Waals surface area contributed by atoms with Crippen molar-refractivity contribution < 1.29 is 14.3 Å². The number of ether oxygens (including phenoxy) is 1. The molecule has 0 radical (unpaired) electrons. The number of nitrogens with zero attached hydrogens (tertiary/aromatic N) is 1. The lowest BCUT2D eigenvalue weighted by Gasteiger charge is -2.27. The topological polar surface area (TPSA) is 68.3 Å². The van der Waals surface area contributed by atoms with Crippen LogP contribution < -0.4 is 5.32 Å².